The lowest BCUT2D eigenvalue weighted by atomic mass is 10.1. The Morgan fingerprint density at radius 3 is 2.75 bits per heavy atom. The normalized spacial score (nSPS) is 22.1. The van der Waals surface area contributed by atoms with Gasteiger partial charge in [-0.3, -0.25) is 0 Å². The van der Waals surface area contributed by atoms with Gasteiger partial charge in [0.25, 0.3) is 0 Å². The lowest BCUT2D eigenvalue weighted by Crippen LogP contribution is -2.25. The maximum absolute atomic E-state index is 4.55. The molecule has 1 aromatic carbocycles. The van der Waals surface area contributed by atoms with Crippen molar-refractivity contribution >= 4 is 17.4 Å². The summed E-state index contributed by atoms with van der Waals surface area (Å²) in [5.41, 5.74) is 4.54. The molecule has 1 saturated heterocycles. The number of thioether (sulfide) groups is 1. The summed E-state index contributed by atoms with van der Waals surface area (Å²) in [4.78, 5) is 0. The topological polar surface area (TPSA) is 29.9 Å². The number of nitrogens with zero attached hydrogens (tertiary/aromatic N) is 2. The van der Waals surface area contributed by atoms with Gasteiger partial charge in [-0.2, -0.15) is 16.9 Å². The van der Waals surface area contributed by atoms with E-state index in [9.17, 15) is 0 Å². The van der Waals surface area contributed by atoms with E-state index >= 15 is 0 Å². The second-order valence-electron chi connectivity index (χ2n) is 5.65. The maximum Gasteiger partial charge on any atom is 0.0669 e. The summed E-state index contributed by atoms with van der Waals surface area (Å²) in [6.45, 7) is 6.45. The van der Waals surface area contributed by atoms with Crippen LogP contribution >= 0.6 is 11.8 Å². The number of rotatable bonds is 3. The van der Waals surface area contributed by atoms with Crippen molar-refractivity contribution in [3.63, 3.8) is 0 Å². The molecule has 2 aromatic rings. The van der Waals surface area contributed by atoms with Crippen molar-refractivity contribution in [3.05, 3.63) is 41.7 Å². The second-order valence-corrected chi connectivity index (χ2v) is 6.73. The van der Waals surface area contributed by atoms with Crippen LogP contribution in [-0.2, 0) is 0 Å². The van der Waals surface area contributed by atoms with E-state index in [0.717, 1.165) is 17.3 Å². The summed E-state index contributed by atoms with van der Waals surface area (Å²) >= 11 is 2.04. The van der Waals surface area contributed by atoms with Gasteiger partial charge in [-0.1, -0.05) is 13.0 Å². The molecule has 3 nitrogen and oxygen atoms in total. The molecular weight excluding hydrogens is 266 g/mol. The van der Waals surface area contributed by atoms with Gasteiger partial charge in [-0.05, 0) is 49.8 Å². The van der Waals surface area contributed by atoms with Crippen LogP contribution in [0.4, 0.5) is 5.69 Å². The first kappa shape index (κ1) is 13.6. The minimum Gasteiger partial charge on any atom is -0.381 e. The molecule has 0 spiro atoms. The molecule has 2 unspecified atom stereocenters. The molecule has 2 heterocycles. The highest BCUT2D eigenvalue weighted by atomic mass is 32.2. The quantitative estimate of drug-likeness (QED) is 0.934. The van der Waals surface area contributed by atoms with Crippen molar-refractivity contribution in [3.8, 4) is 5.69 Å². The van der Waals surface area contributed by atoms with Gasteiger partial charge in [0.2, 0.25) is 0 Å². The monoisotopic (exact) mass is 287 g/mol. The lowest BCUT2D eigenvalue weighted by molar-refractivity contribution is 0.599. The minimum atomic E-state index is 0.579. The Morgan fingerprint density at radius 2 is 2.10 bits per heavy atom. The molecule has 0 aliphatic carbocycles. The van der Waals surface area contributed by atoms with Crippen LogP contribution in [0, 0.1) is 19.8 Å². The molecule has 106 valence electrons. The molecule has 0 amide bonds. The third kappa shape index (κ3) is 2.70. The average molecular weight is 287 g/mol. The maximum atomic E-state index is 4.55. The molecule has 1 aliphatic rings. The Labute approximate surface area is 124 Å². The molecule has 0 bridgehead atoms. The summed E-state index contributed by atoms with van der Waals surface area (Å²) in [5.74, 6) is 3.19. The predicted octanol–water partition coefficient (Wildman–Crippen LogP) is 3.65. The molecule has 1 aromatic heterocycles. The zero-order valence-electron chi connectivity index (χ0n) is 12.3. The fourth-order valence-electron chi connectivity index (χ4n) is 2.68. The Bertz CT molecular complexity index is 606. The summed E-state index contributed by atoms with van der Waals surface area (Å²) in [6, 6.07) is 11.2. The van der Waals surface area contributed by atoms with E-state index in [4.69, 9.17) is 0 Å². The standard InChI is InChI=1S/C16H21N3S/c1-11-9-20-10-16(11)17-14-5-4-6-15(8-14)19-13(3)7-12(2)18-19/h4-8,11,16-17H,9-10H2,1-3H3. The second kappa shape index (κ2) is 5.52. The molecule has 0 saturated carbocycles. The molecule has 1 fully saturated rings. The largest absolute Gasteiger partial charge is 0.381 e. The van der Waals surface area contributed by atoms with E-state index < -0.39 is 0 Å². The van der Waals surface area contributed by atoms with Crippen LogP contribution < -0.4 is 5.32 Å². The van der Waals surface area contributed by atoms with Gasteiger partial charge >= 0.3 is 0 Å². The van der Waals surface area contributed by atoms with Crippen molar-refractivity contribution in [2.75, 3.05) is 16.8 Å². The van der Waals surface area contributed by atoms with Crippen LogP contribution in [0.3, 0.4) is 0 Å². The molecule has 2 atom stereocenters. The minimum absolute atomic E-state index is 0.579. The van der Waals surface area contributed by atoms with Gasteiger partial charge in [0.15, 0.2) is 0 Å². The first-order chi connectivity index (χ1) is 9.63. The third-order valence-corrected chi connectivity index (χ3v) is 5.17. The third-order valence-electron chi connectivity index (χ3n) is 3.82. The van der Waals surface area contributed by atoms with Gasteiger partial charge in [-0.25, -0.2) is 4.68 Å². The number of nitrogens with one attached hydrogen (secondary N) is 1. The van der Waals surface area contributed by atoms with Gasteiger partial charge in [0.1, 0.15) is 0 Å². The van der Waals surface area contributed by atoms with Gasteiger partial charge in [0.05, 0.1) is 11.4 Å². The first-order valence-corrected chi connectivity index (χ1v) is 8.27. The Balaban J connectivity index is 1.84. The highest BCUT2D eigenvalue weighted by Crippen LogP contribution is 2.27. The van der Waals surface area contributed by atoms with Crippen molar-refractivity contribution < 1.29 is 0 Å². The zero-order valence-corrected chi connectivity index (χ0v) is 13.1. The van der Waals surface area contributed by atoms with Crippen molar-refractivity contribution in [1.82, 2.24) is 9.78 Å². The fourth-order valence-corrected chi connectivity index (χ4v) is 4.08. The SMILES string of the molecule is Cc1cc(C)n(-c2cccc(NC3CSCC3C)c2)n1. The number of hydrogen-bond donors (Lipinski definition) is 1. The molecule has 3 rings (SSSR count). The van der Waals surface area contributed by atoms with Gasteiger partial charge in [-0.15, -0.1) is 0 Å². The van der Waals surface area contributed by atoms with Crippen molar-refractivity contribution in [2.24, 2.45) is 5.92 Å². The summed E-state index contributed by atoms with van der Waals surface area (Å²) < 4.78 is 2.01. The van der Waals surface area contributed by atoms with E-state index in [0.29, 0.717) is 6.04 Å². The zero-order chi connectivity index (χ0) is 14.1. The van der Waals surface area contributed by atoms with Crippen LogP contribution in [0.2, 0.25) is 0 Å². The lowest BCUT2D eigenvalue weighted by Gasteiger charge is -2.18. The molecule has 1 N–H and O–H groups in total. The summed E-state index contributed by atoms with van der Waals surface area (Å²) in [5, 5.41) is 8.22. The smallest absolute Gasteiger partial charge is 0.0669 e. The van der Waals surface area contributed by atoms with E-state index in [2.05, 4.69) is 54.6 Å². The number of anilines is 1. The van der Waals surface area contributed by atoms with Crippen LogP contribution in [-0.4, -0.2) is 27.3 Å². The van der Waals surface area contributed by atoms with Crippen LogP contribution in [0.25, 0.3) is 5.69 Å². The number of aryl methyl sites for hydroxylation is 2. The van der Waals surface area contributed by atoms with E-state index in [1.165, 1.54) is 22.9 Å². The number of benzene rings is 1. The average Bonchev–Trinajstić information content (AvgIpc) is 2.96. The Morgan fingerprint density at radius 1 is 1.25 bits per heavy atom. The number of hydrogen-bond acceptors (Lipinski definition) is 3. The highest BCUT2D eigenvalue weighted by molar-refractivity contribution is 7.99. The molecule has 20 heavy (non-hydrogen) atoms. The van der Waals surface area contributed by atoms with E-state index in [-0.39, 0.29) is 0 Å². The van der Waals surface area contributed by atoms with E-state index in [1.807, 2.05) is 23.4 Å². The molecule has 1 aliphatic heterocycles. The Hall–Kier alpha value is -1.42. The van der Waals surface area contributed by atoms with Gasteiger partial charge < -0.3 is 5.32 Å². The van der Waals surface area contributed by atoms with Gasteiger partial charge in [0, 0.05) is 23.2 Å². The van der Waals surface area contributed by atoms with Crippen LogP contribution in [0.1, 0.15) is 18.3 Å². The van der Waals surface area contributed by atoms with Crippen LogP contribution in [0.15, 0.2) is 30.3 Å². The van der Waals surface area contributed by atoms with E-state index in [1.54, 1.807) is 0 Å². The number of aromatic nitrogens is 2. The first-order valence-electron chi connectivity index (χ1n) is 7.11. The van der Waals surface area contributed by atoms with Crippen molar-refractivity contribution in [1.29, 1.82) is 0 Å². The molecule has 0 radical (unpaired) electrons. The highest BCUT2D eigenvalue weighted by Gasteiger charge is 2.23. The fraction of sp³-hybridized carbons (Fsp3) is 0.438. The summed E-state index contributed by atoms with van der Waals surface area (Å²) in [6.07, 6.45) is 0. The molecular formula is C16H21N3S. The van der Waals surface area contributed by atoms with Crippen molar-refractivity contribution in [2.45, 2.75) is 26.8 Å². The summed E-state index contributed by atoms with van der Waals surface area (Å²) in [7, 11) is 0. The molecule has 4 heteroatoms. The predicted molar refractivity (Wildman–Crippen MR) is 86.9 cm³/mol. The van der Waals surface area contributed by atoms with Crippen LogP contribution in [0.5, 0.6) is 0 Å². The Kier molecular flexibility index (Phi) is 3.74.